The number of benzene rings is 1. The largest absolute Gasteiger partial charge is 0.469 e. The van der Waals surface area contributed by atoms with Gasteiger partial charge in [-0.15, -0.1) is 0 Å². The number of fused-ring (bicyclic) bond motifs is 2. The fraction of sp³-hybridized carbons (Fsp3) is 0.529. The lowest BCUT2D eigenvalue weighted by atomic mass is 9.84. The van der Waals surface area contributed by atoms with Crippen molar-refractivity contribution in [1.82, 2.24) is 5.32 Å². The number of rotatable bonds is 4. The molecule has 0 aliphatic heterocycles. The predicted octanol–water partition coefficient (Wildman–Crippen LogP) is 2.50. The highest BCUT2D eigenvalue weighted by Gasteiger charge is 2.52. The Balaban J connectivity index is 1.57. The second-order valence-electron chi connectivity index (χ2n) is 6.11. The predicted molar refractivity (Wildman–Crippen MR) is 79.9 cm³/mol. The molecule has 4 atom stereocenters. The van der Waals surface area contributed by atoms with Gasteiger partial charge in [0.1, 0.15) is 6.61 Å². The van der Waals surface area contributed by atoms with Gasteiger partial charge in [-0.2, -0.15) is 0 Å². The van der Waals surface area contributed by atoms with Crippen molar-refractivity contribution in [2.24, 2.45) is 17.8 Å². The first-order valence-electron chi connectivity index (χ1n) is 7.74. The topological polar surface area (TPSA) is 64.6 Å². The Morgan fingerprint density at radius 3 is 2.64 bits per heavy atom. The van der Waals surface area contributed by atoms with E-state index in [-0.39, 0.29) is 24.5 Å². The number of esters is 1. The summed E-state index contributed by atoms with van der Waals surface area (Å²) in [5.41, 5.74) is 0.940. The number of hydrogen-bond donors (Lipinski definition) is 1. The van der Waals surface area contributed by atoms with Crippen LogP contribution in [0.2, 0.25) is 0 Å². The zero-order valence-electron chi connectivity index (χ0n) is 12.7. The summed E-state index contributed by atoms with van der Waals surface area (Å²) in [6, 6.07) is 9.37. The Labute approximate surface area is 130 Å². The molecule has 3 rings (SSSR count). The van der Waals surface area contributed by atoms with Crippen molar-refractivity contribution in [2.75, 3.05) is 7.11 Å². The highest BCUT2D eigenvalue weighted by atomic mass is 16.5. The molecule has 4 unspecified atom stereocenters. The quantitative estimate of drug-likeness (QED) is 0.868. The van der Waals surface area contributed by atoms with Crippen LogP contribution in [0, 0.1) is 17.8 Å². The van der Waals surface area contributed by atoms with E-state index in [1.165, 1.54) is 7.11 Å². The number of methoxy groups -OCH3 is 1. The Morgan fingerprint density at radius 2 is 1.91 bits per heavy atom. The van der Waals surface area contributed by atoms with Gasteiger partial charge >= 0.3 is 12.1 Å². The van der Waals surface area contributed by atoms with Crippen LogP contribution >= 0.6 is 0 Å². The van der Waals surface area contributed by atoms with Crippen molar-refractivity contribution in [3.63, 3.8) is 0 Å². The van der Waals surface area contributed by atoms with E-state index >= 15 is 0 Å². The molecule has 22 heavy (non-hydrogen) atoms. The fourth-order valence-electron chi connectivity index (χ4n) is 3.88. The molecular formula is C17H21NO4. The highest BCUT2D eigenvalue weighted by molar-refractivity contribution is 5.76. The minimum absolute atomic E-state index is 0.158. The molecule has 0 heterocycles. The number of ether oxygens (including phenoxy) is 2. The molecule has 1 amide bonds. The van der Waals surface area contributed by atoms with Crippen molar-refractivity contribution in [2.45, 2.75) is 31.9 Å². The molecule has 0 spiro atoms. The number of carbonyl (C=O) groups is 2. The smallest absolute Gasteiger partial charge is 0.407 e. The van der Waals surface area contributed by atoms with Gasteiger partial charge in [-0.1, -0.05) is 30.3 Å². The minimum atomic E-state index is -0.463. The van der Waals surface area contributed by atoms with Crippen LogP contribution < -0.4 is 5.32 Å². The van der Waals surface area contributed by atoms with E-state index < -0.39 is 6.09 Å². The molecule has 1 aromatic rings. The van der Waals surface area contributed by atoms with E-state index in [9.17, 15) is 9.59 Å². The summed E-state index contributed by atoms with van der Waals surface area (Å²) in [6.45, 7) is 0.233. The third kappa shape index (κ3) is 2.93. The normalized spacial score (nSPS) is 29.1. The average molecular weight is 303 g/mol. The van der Waals surface area contributed by atoms with Gasteiger partial charge in [0.15, 0.2) is 0 Å². The number of alkyl carbamates (subject to hydrolysis) is 1. The molecule has 1 N–H and O–H groups in total. The molecule has 2 bridgehead atoms. The van der Waals surface area contributed by atoms with Crippen molar-refractivity contribution >= 4 is 12.1 Å². The molecule has 2 saturated carbocycles. The first-order valence-corrected chi connectivity index (χ1v) is 7.74. The van der Waals surface area contributed by atoms with Gasteiger partial charge in [-0.05, 0) is 36.7 Å². The van der Waals surface area contributed by atoms with Gasteiger partial charge in [0.25, 0.3) is 0 Å². The van der Waals surface area contributed by atoms with Gasteiger partial charge in [0, 0.05) is 6.04 Å². The minimum Gasteiger partial charge on any atom is -0.469 e. The van der Waals surface area contributed by atoms with Crippen LogP contribution in [-0.4, -0.2) is 25.2 Å². The summed E-state index contributed by atoms with van der Waals surface area (Å²) in [5, 5.41) is 2.88. The van der Waals surface area contributed by atoms with E-state index in [4.69, 9.17) is 9.47 Å². The average Bonchev–Trinajstić information content (AvgIpc) is 3.14. The lowest BCUT2D eigenvalue weighted by molar-refractivity contribution is -0.148. The maximum atomic E-state index is 12.0. The zero-order chi connectivity index (χ0) is 15.5. The highest BCUT2D eigenvalue weighted by Crippen LogP contribution is 2.48. The second kappa shape index (κ2) is 6.38. The summed E-state index contributed by atoms with van der Waals surface area (Å²) in [4.78, 5) is 24.0. The van der Waals surface area contributed by atoms with E-state index in [2.05, 4.69) is 5.32 Å². The van der Waals surface area contributed by atoms with Crippen molar-refractivity contribution in [3.05, 3.63) is 35.9 Å². The van der Waals surface area contributed by atoms with E-state index in [1.54, 1.807) is 0 Å². The van der Waals surface area contributed by atoms with Crippen LogP contribution in [0.1, 0.15) is 24.8 Å². The van der Waals surface area contributed by atoms with Crippen LogP contribution in [0.25, 0.3) is 0 Å². The molecule has 0 aromatic heterocycles. The molecule has 5 nitrogen and oxygen atoms in total. The molecule has 2 aliphatic carbocycles. The second-order valence-corrected chi connectivity index (χ2v) is 6.11. The summed E-state index contributed by atoms with van der Waals surface area (Å²) >= 11 is 0. The summed E-state index contributed by atoms with van der Waals surface area (Å²) in [6.07, 6.45) is 2.63. The van der Waals surface area contributed by atoms with Crippen LogP contribution in [0.4, 0.5) is 4.79 Å². The SMILES string of the molecule is COC(=O)C1C2CCC(C2)C1NC(=O)OCc1ccccc1. The molecule has 118 valence electrons. The van der Waals surface area contributed by atoms with E-state index in [0.29, 0.717) is 11.8 Å². The molecule has 0 radical (unpaired) electrons. The van der Waals surface area contributed by atoms with Crippen molar-refractivity contribution in [3.8, 4) is 0 Å². The fourth-order valence-corrected chi connectivity index (χ4v) is 3.88. The third-order valence-corrected chi connectivity index (χ3v) is 4.89. The summed E-state index contributed by atoms with van der Waals surface area (Å²) < 4.78 is 10.2. The Kier molecular flexibility index (Phi) is 4.32. The van der Waals surface area contributed by atoms with Gasteiger partial charge in [0.2, 0.25) is 0 Å². The number of nitrogens with one attached hydrogen (secondary N) is 1. The van der Waals surface area contributed by atoms with Gasteiger partial charge in [-0.25, -0.2) is 4.79 Å². The molecule has 2 aliphatic rings. The van der Waals surface area contributed by atoms with E-state index in [0.717, 1.165) is 24.8 Å². The molecule has 2 fully saturated rings. The third-order valence-electron chi connectivity index (χ3n) is 4.89. The maximum Gasteiger partial charge on any atom is 0.407 e. The van der Waals surface area contributed by atoms with Crippen LogP contribution in [0.3, 0.4) is 0 Å². The van der Waals surface area contributed by atoms with E-state index in [1.807, 2.05) is 30.3 Å². The Bertz CT molecular complexity index is 545. The molecule has 5 heteroatoms. The van der Waals surface area contributed by atoms with Crippen LogP contribution in [0.15, 0.2) is 30.3 Å². The lowest BCUT2D eigenvalue weighted by Gasteiger charge is -2.29. The Morgan fingerprint density at radius 1 is 1.18 bits per heavy atom. The number of carbonyl (C=O) groups excluding carboxylic acids is 2. The monoisotopic (exact) mass is 303 g/mol. The number of amides is 1. The van der Waals surface area contributed by atoms with Crippen molar-refractivity contribution < 1.29 is 19.1 Å². The van der Waals surface area contributed by atoms with Gasteiger partial charge in [-0.3, -0.25) is 4.79 Å². The first-order chi connectivity index (χ1) is 10.7. The van der Waals surface area contributed by atoms with Gasteiger partial charge in [0.05, 0.1) is 13.0 Å². The summed E-state index contributed by atoms with van der Waals surface area (Å²) in [7, 11) is 1.40. The Hall–Kier alpha value is -2.04. The van der Waals surface area contributed by atoms with Crippen LogP contribution in [-0.2, 0) is 20.9 Å². The first kappa shape index (κ1) is 14.9. The van der Waals surface area contributed by atoms with Crippen molar-refractivity contribution in [1.29, 1.82) is 0 Å². The molecular weight excluding hydrogens is 282 g/mol. The maximum absolute atomic E-state index is 12.0. The standard InChI is InChI=1S/C17H21NO4/c1-21-16(19)14-12-7-8-13(9-12)15(14)18-17(20)22-10-11-5-3-2-4-6-11/h2-6,12-15H,7-10H2,1H3,(H,18,20). The molecule has 1 aromatic carbocycles. The zero-order valence-corrected chi connectivity index (χ0v) is 12.7. The summed E-state index contributed by atoms with van der Waals surface area (Å²) in [5.74, 6) is 0.240. The van der Waals surface area contributed by atoms with Gasteiger partial charge < -0.3 is 14.8 Å². The lowest BCUT2D eigenvalue weighted by Crippen LogP contribution is -2.47. The van der Waals surface area contributed by atoms with Crippen LogP contribution in [0.5, 0.6) is 0 Å². The molecule has 0 saturated heterocycles. The number of hydrogen-bond acceptors (Lipinski definition) is 4.